The Morgan fingerprint density at radius 1 is 1.08 bits per heavy atom. The number of amides is 1. The maximum atomic E-state index is 12.1. The second-order valence-electron chi connectivity index (χ2n) is 5.65. The van der Waals surface area contributed by atoms with Gasteiger partial charge >= 0.3 is 0 Å². The summed E-state index contributed by atoms with van der Waals surface area (Å²) in [5.74, 6) is 1.49. The molecule has 134 valence electrons. The van der Waals surface area contributed by atoms with Gasteiger partial charge in [-0.25, -0.2) is 4.98 Å². The Morgan fingerprint density at radius 3 is 2.58 bits per heavy atom. The Balaban J connectivity index is 1.56. The molecule has 3 aromatic rings. The van der Waals surface area contributed by atoms with Gasteiger partial charge in [0.05, 0.1) is 19.9 Å². The average Bonchev–Trinajstić information content (AvgIpc) is 3.15. The van der Waals surface area contributed by atoms with E-state index in [0.717, 1.165) is 27.7 Å². The Bertz CT molecular complexity index is 875. The van der Waals surface area contributed by atoms with Gasteiger partial charge in [-0.1, -0.05) is 6.07 Å². The first-order valence-electron chi connectivity index (χ1n) is 8.20. The molecule has 0 atom stereocenters. The zero-order chi connectivity index (χ0) is 18.4. The van der Waals surface area contributed by atoms with Gasteiger partial charge in [-0.05, 0) is 42.8 Å². The second-order valence-corrected chi connectivity index (χ2v) is 6.51. The standard InChI is InChI=1S/C20H20N2O3S/c1-24-17-9-6-14(7-10-17)20-22-16(13-26-20)8-11-19(23)21-15-4-3-5-18(12-15)25-2/h3-7,9-10,12-13H,8,11H2,1-2H3,(H,21,23). The Morgan fingerprint density at radius 2 is 1.85 bits per heavy atom. The summed E-state index contributed by atoms with van der Waals surface area (Å²) in [6.45, 7) is 0. The molecule has 5 nitrogen and oxygen atoms in total. The first-order valence-corrected chi connectivity index (χ1v) is 9.08. The molecule has 0 unspecified atom stereocenters. The van der Waals surface area contributed by atoms with Crippen LogP contribution < -0.4 is 14.8 Å². The van der Waals surface area contributed by atoms with Crippen molar-refractivity contribution in [2.24, 2.45) is 0 Å². The molecule has 1 aromatic heterocycles. The largest absolute Gasteiger partial charge is 0.497 e. The fourth-order valence-corrected chi connectivity index (χ4v) is 3.31. The monoisotopic (exact) mass is 368 g/mol. The summed E-state index contributed by atoms with van der Waals surface area (Å²) in [6.07, 6.45) is 0.978. The van der Waals surface area contributed by atoms with Crippen molar-refractivity contribution in [3.05, 3.63) is 59.6 Å². The molecule has 1 amide bonds. The molecule has 1 N–H and O–H groups in total. The fourth-order valence-electron chi connectivity index (χ4n) is 2.45. The number of rotatable bonds is 7. The Kier molecular flexibility index (Phi) is 5.86. The third kappa shape index (κ3) is 4.61. The van der Waals surface area contributed by atoms with Crippen LogP contribution in [0, 0.1) is 0 Å². The van der Waals surface area contributed by atoms with E-state index in [2.05, 4.69) is 10.3 Å². The highest BCUT2D eigenvalue weighted by atomic mass is 32.1. The molecule has 26 heavy (non-hydrogen) atoms. The van der Waals surface area contributed by atoms with Crippen LogP contribution in [0.4, 0.5) is 5.69 Å². The normalized spacial score (nSPS) is 10.4. The van der Waals surface area contributed by atoms with Gasteiger partial charge in [-0.3, -0.25) is 4.79 Å². The number of aryl methyl sites for hydroxylation is 1. The van der Waals surface area contributed by atoms with Crippen molar-refractivity contribution in [3.8, 4) is 22.1 Å². The van der Waals surface area contributed by atoms with Gasteiger partial charge in [0.2, 0.25) is 5.91 Å². The van der Waals surface area contributed by atoms with E-state index in [1.165, 1.54) is 0 Å². The first-order chi connectivity index (χ1) is 12.7. The molecule has 0 aliphatic carbocycles. The summed E-state index contributed by atoms with van der Waals surface area (Å²) in [4.78, 5) is 16.8. The number of carbonyl (C=O) groups is 1. The highest BCUT2D eigenvalue weighted by Gasteiger charge is 2.08. The molecule has 0 saturated heterocycles. The van der Waals surface area contributed by atoms with E-state index in [-0.39, 0.29) is 5.91 Å². The van der Waals surface area contributed by atoms with Crippen LogP contribution in [0.3, 0.4) is 0 Å². The van der Waals surface area contributed by atoms with E-state index in [9.17, 15) is 4.79 Å². The number of benzene rings is 2. The number of hydrogen-bond donors (Lipinski definition) is 1. The van der Waals surface area contributed by atoms with E-state index in [1.807, 2.05) is 47.8 Å². The number of anilines is 1. The molecule has 2 aromatic carbocycles. The number of methoxy groups -OCH3 is 2. The van der Waals surface area contributed by atoms with E-state index in [1.54, 1.807) is 31.6 Å². The minimum absolute atomic E-state index is 0.0442. The summed E-state index contributed by atoms with van der Waals surface area (Å²) < 4.78 is 10.3. The van der Waals surface area contributed by atoms with E-state index in [0.29, 0.717) is 18.6 Å². The number of hydrogen-bond acceptors (Lipinski definition) is 5. The van der Waals surface area contributed by atoms with Crippen LogP contribution in [0.1, 0.15) is 12.1 Å². The third-order valence-electron chi connectivity index (χ3n) is 3.85. The van der Waals surface area contributed by atoms with Crippen molar-refractivity contribution < 1.29 is 14.3 Å². The lowest BCUT2D eigenvalue weighted by atomic mass is 10.2. The molecule has 0 saturated carbocycles. The molecular formula is C20H20N2O3S. The summed E-state index contributed by atoms with van der Waals surface area (Å²) >= 11 is 1.58. The zero-order valence-corrected chi connectivity index (χ0v) is 15.5. The highest BCUT2D eigenvalue weighted by molar-refractivity contribution is 7.13. The quantitative estimate of drug-likeness (QED) is 0.671. The predicted molar refractivity (Wildman–Crippen MR) is 104 cm³/mol. The van der Waals surface area contributed by atoms with Crippen molar-refractivity contribution in [2.75, 3.05) is 19.5 Å². The number of carbonyl (C=O) groups excluding carboxylic acids is 1. The topological polar surface area (TPSA) is 60.5 Å². The molecule has 0 aliphatic rings. The highest BCUT2D eigenvalue weighted by Crippen LogP contribution is 2.26. The summed E-state index contributed by atoms with van der Waals surface area (Å²) in [5, 5.41) is 5.82. The van der Waals surface area contributed by atoms with Gasteiger partial charge in [-0.2, -0.15) is 0 Å². The van der Waals surface area contributed by atoms with Gasteiger partial charge in [0.1, 0.15) is 16.5 Å². The number of nitrogens with zero attached hydrogens (tertiary/aromatic N) is 1. The molecule has 0 radical (unpaired) electrons. The minimum Gasteiger partial charge on any atom is -0.497 e. The van der Waals surface area contributed by atoms with Crippen molar-refractivity contribution in [1.29, 1.82) is 0 Å². The van der Waals surface area contributed by atoms with Crippen molar-refractivity contribution in [1.82, 2.24) is 4.98 Å². The minimum atomic E-state index is -0.0442. The predicted octanol–water partition coefficient (Wildman–Crippen LogP) is 4.40. The molecule has 0 bridgehead atoms. The van der Waals surface area contributed by atoms with Gasteiger partial charge in [-0.15, -0.1) is 11.3 Å². The number of thiazole rings is 1. The summed E-state index contributed by atoms with van der Waals surface area (Å²) in [6, 6.07) is 15.1. The van der Waals surface area contributed by atoms with Gasteiger partial charge in [0, 0.05) is 29.1 Å². The molecule has 0 fully saturated rings. The van der Waals surface area contributed by atoms with Crippen LogP contribution in [0.5, 0.6) is 11.5 Å². The SMILES string of the molecule is COc1ccc(-c2nc(CCC(=O)Nc3cccc(OC)c3)cs2)cc1. The molecule has 0 spiro atoms. The van der Waals surface area contributed by atoms with Crippen LogP contribution in [0.2, 0.25) is 0 Å². The maximum absolute atomic E-state index is 12.1. The molecule has 6 heteroatoms. The Hall–Kier alpha value is -2.86. The molecule has 0 aliphatic heterocycles. The number of nitrogens with one attached hydrogen (secondary N) is 1. The van der Waals surface area contributed by atoms with Crippen LogP contribution in [-0.2, 0) is 11.2 Å². The lowest BCUT2D eigenvalue weighted by Gasteiger charge is -2.06. The third-order valence-corrected chi connectivity index (χ3v) is 4.79. The molecule has 1 heterocycles. The lowest BCUT2D eigenvalue weighted by molar-refractivity contribution is -0.116. The number of ether oxygens (including phenoxy) is 2. The maximum Gasteiger partial charge on any atom is 0.224 e. The number of aromatic nitrogens is 1. The van der Waals surface area contributed by atoms with Crippen LogP contribution in [-0.4, -0.2) is 25.1 Å². The second kappa shape index (κ2) is 8.49. The first kappa shape index (κ1) is 17.9. The van der Waals surface area contributed by atoms with Gasteiger partial charge in [0.25, 0.3) is 0 Å². The van der Waals surface area contributed by atoms with Gasteiger partial charge < -0.3 is 14.8 Å². The Labute approximate surface area is 156 Å². The van der Waals surface area contributed by atoms with Crippen LogP contribution in [0.15, 0.2) is 53.9 Å². The molecule has 3 rings (SSSR count). The zero-order valence-electron chi connectivity index (χ0n) is 14.7. The van der Waals surface area contributed by atoms with Crippen molar-refractivity contribution in [2.45, 2.75) is 12.8 Å². The smallest absolute Gasteiger partial charge is 0.224 e. The van der Waals surface area contributed by atoms with E-state index in [4.69, 9.17) is 9.47 Å². The van der Waals surface area contributed by atoms with Crippen LogP contribution in [0.25, 0.3) is 10.6 Å². The van der Waals surface area contributed by atoms with E-state index < -0.39 is 0 Å². The van der Waals surface area contributed by atoms with Crippen molar-refractivity contribution >= 4 is 22.9 Å². The van der Waals surface area contributed by atoms with Crippen molar-refractivity contribution in [3.63, 3.8) is 0 Å². The van der Waals surface area contributed by atoms with Gasteiger partial charge in [0.15, 0.2) is 0 Å². The summed E-state index contributed by atoms with van der Waals surface area (Å²) in [5.41, 5.74) is 2.69. The van der Waals surface area contributed by atoms with Crippen LogP contribution >= 0.6 is 11.3 Å². The average molecular weight is 368 g/mol. The molecular weight excluding hydrogens is 348 g/mol. The summed E-state index contributed by atoms with van der Waals surface area (Å²) in [7, 11) is 3.25. The lowest BCUT2D eigenvalue weighted by Crippen LogP contribution is -2.12. The fraction of sp³-hybridized carbons (Fsp3) is 0.200. The van der Waals surface area contributed by atoms with E-state index >= 15 is 0 Å².